The third-order valence-electron chi connectivity index (χ3n) is 12.1. The second kappa shape index (κ2) is 13.0. The summed E-state index contributed by atoms with van der Waals surface area (Å²) in [5.41, 5.74) is 13.4. The van der Waals surface area contributed by atoms with Crippen molar-refractivity contribution < 1.29 is 4.74 Å². The normalized spacial score (nSPS) is 23.6. The minimum atomic E-state index is 0.107. The number of ether oxygens (including phenoxy) is 1. The van der Waals surface area contributed by atoms with Crippen LogP contribution in [-0.2, 0) is 4.74 Å². The van der Waals surface area contributed by atoms with Crippen molar-refractivity contribution in [2.24, 2.45) is 17.8 Å². The monoisotopic (exact) mass is 672 g/mol. The summed E-state index contributed by atoms with van der Waals surface area (Å²) in [6.07, 6.45) is 27.7. The molecule has 1 nitrogen and oxygen atoms in total. The minimum Gasteiger partial charge on any atom is -0.485 e. The Morgan fingerprint density at radius 2 is 1.44 bits per heavy atom. The Morgan fingerprint density at radius 3 is 2.31 bits per heavy atom. The number of benzene rings is 5. The lowest BCUT2D eigenvalue weighted by molar-refractivity contribution is 0.178. The van der Waals surface area contributed by atoms with Gasteiger partial charge in [0.05, 0.1) is 0 Å². The Hall–Kier alpha value is -5.40. The van der Waals surface area contributed by atoms with E-state index in [4.69, 9.17) is 4.74 Å². The number of allylic oxidation sites excluding steroid dienone is 10. The highest BCUT2D eigenvalue weighted by atomic mass is 16.5. The Kier molecular flexibility index (Phi) is 7.82. The average molecular weight is 673 g/mol. The summed E-state index contributed by atoms with van der Waals surface area (Å²) in [4.78, 5) is 0. The molecule has 5 aliphatic rings. The predicted molar refractivity (Wildman–Crippen MR) is 220 cm³/mol. The maximum atomic E-state index is 6.56. The molecule has 4 aliphatic carbocycles. The van der Waals surface area contributed by atoms with E-state index in [0.29, 0.717) is 17.8 Å². The van der Waals surface area contributed by atoms with Gasteiger partial charge in [0.15, 0.2) is 0 Å². The van der Waals surface area contributed by atoms with E-state index in [-0.39, 0.29) is 6.10 Å². The van der Waals surface area contributed by atoms with Crippen molar-refractivity contribution in [2.45, 2.75) is 51.6 Å². The Bertz CT molecular complexity index is 2460. The topological polar surface area (TPSA) is 9.23 Å². The molecular weight excluding hydrogens is 629 g/mol. The summed E-state index contributed by atoms with van der Waals surface area (Å²) in [5.74, 6) is 2.83. The molecule has 254 valence electrons. The van der Waals surface area contributed by atoms with Gasteiger partial charge in [-0.25, -0.2) is 0 Å². The van der Waals surface area contributed by atoms with E-state index in [1.165, 1.54) is 83.6 Å². The lowest BCUT2D eigenvalue weighted by Gasteiger charge is -2.33. The predicted octanol–water partition coefficient (Wildman–Crippen LogP) is 13.6. The molecule has 0 N–H and O–H groups in total. The van der Waals surface area contributed by atoms with E-state index in [1.54, 1.807) is 0 Å². The fourth-order valence-corrected chi connectivity index (χ4v) is 9.85. The van der Waals surface area contributed by atoms with Gasteiger partial charge < -0.3 is 4.74 Å². The maximum absolute atomic E-state index is 6.56. The van der Waals surface area contributed by atoms with E-state index in [0.717, 1.165) is 37.9 Å². The Balaban J connectivity index is 1.23. The van der Waals surface area contributed by atoms with Crippen molar-refractivity contribution in [3.63, 3.8) is 0 Å². The summed E-state index contributed by atoms with van der Waals surface area (Å²) >= 11 is 0. The van der Waals surface area contributed by atoms with Gasteiger partial charge >= 0.3 is 0 Å². The van der Waals surface area contributed by atoms with E-state index in [2.05, 4.69) is 159 Å². The molecule has 1 heterocycles. The van der Waals surface area contributed by atoms with Crippen LogP contribution in [0.1, 0.15) is 56.6 Å². The smallest absolute Gasteiger partial charge is 0.128 e. The van der Waals surface area contributed by atoms with Crippen LogP contribution in [0.4, 0.5) is 0 Å². The standard InChI is InChI=1S/C51H44O/c1-33-28-39(35-16-6-3-7-17-35)31-40(29-33)50-43-21-9-8-20-42(43)49(38-19-12-18-36(30-38)34-14-4-2-5-15-34)44-27-26-37(32-46(44)50)41-23-13-25-48-51(41)45-22-10-11-24-47(45)52-48/h2-9,11-16,18-21,23-24,26-27,29-30,32-33,35,39,48H,10,17,22,25,28,31H2,1H3. The van der Waals surface area contributed by atoms with E-state index >= 15 is 0 Å². The molecule has 4 atom stereocenters. The molecule has 0 bridgehead atoms. The highest BCUT2D eigenvalue weighted by Gasteiger charge is 2.35. The maximum Gasteiger partial charge on any atom is 0.128 e. The second-order valence-electron chi connectivity index (χ2n) is 15.4. The van der Waals surface area contributed by atoms with Crippen LogP contribution < -0.4 is 0 Å². The van der Waals surface area contributed by atoms with Crippen molar-refractivity contribution in [3.8, 4) is 22.3 Å². The van der Waals surface area contributed by atoms with Crippen LogP contribution >= 0.6 is 0 Å². The highest BCUT2D eigenvalue weighted by Crippen LogP contribution is 2.49. The SMILES string of the molecule is CC1C=C(c2c3ccccc3c(-c3cccc(-c4ccccc4)c3)c3ccc(C4=C5C6=C(C=CCC6)OC5CC=C4)cc23)CC(C2C=CC=CC2)C1. The minimum absolute atomic E-state index is 0.107. The number of hydrogen-bond acceptors (Lipinski definition) is 1. The molecule has 4 unspecified atom stereocenters. The molecule has 5 aromatic rings. The third-order valence-corrected chi connectivity index (χ3v) is 12.1. The molecule has 52 heavy (non-hydrogen) atoms. The Morgan fingerprint density at radius 1 is 0.635 bits per heavy atom. The zero-order valence-corrected chi connectivity index (χ0v) is 29.9. The lowest BCUT2D eigenvalue weighted by Crippen LogP contribution is -2.20. The number of rotatable bonds is 5. The first kappa shape index (κ1) is 31.3. The fourth-order valence-electron chi connectivity index (χ4n) is 9.85. The Labute approximate surface area is 307 Å². The first-order chi connectivity index (χ1) is 25.7. The van der Waals surface area contributed by atoms with E-state index in [9.17, 15) is 0 Å². The van der Waals surface area contributed by atoms with Crippen LogP contribution in [0, 0.1) is 17.8 Å². The number of hydrogen-bond donors (Lipinski definition) is 0. The van der Waals surface area contributed by atoms with E-state index < -0.39 is 0 Å². The van der Waals surface area contributed by atoms with Gasteiger partial charge in [-0.3, -0.25) is 0 Å². The van der Waals surface area contributed by atoms with Crippen molar-refractivity contribution in [2.75, 3.05) is 0 Å². The number of fused-ring (bicyclic) bond motifs is 4. The van der Waals surface area contributed by atoms with Crippen LogP contribution in [0.25, 0.3) is 54.9 Å². The molecule has 0 saturated heterocycles. The van der Waals surface area contributed by atoms with Gasteiger partial charge in [0.25, 0.3) is 0 Å². The summed E-state index contributed by atoms with van der Waals surface area (Å²) in [7, 11) is 0. The molecular formula is C51H44O. The van der Waals surface area contributed by atoms with Crippen LogP contribution in [0.3, 0.4) is 0 Å². The largest absolute Gasteiger partial charge is 0.485 e. The molecule has 1 heteroatoms. The first-order valence-electron chi connectivity index (χ1n) is 19.4. The van der Waals surface area contributed by atoms with Crippen molar-refractivity contribution in [1.29, 1.82) is 0 Å². The quantitative estimate of drug-likeness (QED) is 0.169. The molecule has 0 aromatic heterocycles. The molecule has 5 aromatic carbocycles. The van der Waals surface area contributed by atoms with Crippen LogP contribution in [0.2, 0.25) is 0 Å². The molecule has 0 fully saturated rings. The van der Waals surface area contributed by atoms with Crippen molar-refractivity contribution >= 4 is 32.7 Å². The van der Waals surface area contributed by atoms with Crippen LogP contribution in [0.5, 0.6) is 0 Å². The summed E-state index contributed by atoms with van der Waals surface area (Å²) in [6, 6.07) is 36.5. The first-order valence-corrected chi connectivity index (χ1v) is 19.4. The molecule has 0 amide bonds. The van der Waals surface area contributed by atoms with Crippen molar-refractivity contribution in [3.05, 3.63) is 180 Å². The van der Waals surface area contributed by atoms with Gasteiger partial charge in [0.1, 0.15) is 11.9 Å². The molecule has 0 saturated carbocycles. The lowest BCUT2D eigenvalue weighted by atomic mass is 9.71. The summed E-state index contributed by atoms with van der Waals surface area (Å²) in [6.45, 7) is 2.43. The fraction of sp³-hybridized carbons (Fsp3) is 0.216. The highest BCUT2D eigenvalue weighted by molar-refractivity contribution is 6.19. The van der Waals surface area contributed by atoms with Gasteiger partial charge in [-0.2, -0.15) is 0 Å². The van der Waals surface area contributed by atoms with Crippen molar-refractivity contribution in [1.82, 2.24) is 0 Å². The zero-order chi connectivity index (χ0) is 34.6. The van der Waals surface area contributed by atoms with Gasteiger partial charge in [-0.15, -0.1) is 0 Å². The van der Waals surface area contributed by atoms with E-state index in [1.807, 2.05) is 0 Å². The van der Waals surface area contributed by atoms with Gasteiger partial charge in [0.2, 0.25) is 0 Å². The molecule has 10 rings (SSSR count). The summed E-state index contributed by atoms with van der Waals surface area (Å²) < 4.78 is 6.56. The summed E-state index contributed by atoms with van der Waals surface area (Å²) in [5, 5.41) is 5.36. The molecule has 0 spiro atoms. The zero-order valence-electron chi connectivity index (χ0n) is 29.9. The average Bonchev–Trinajstić information content (AvgIpc) is 3.59. The third kappa shape index (κ3) is 5.37. The van der Waals surface area contributed by atoms with Gasteiger partial charge in [0, 0.05) is 17.6 Å². The van der Waals surface area contributed by atoms with Gasteiger partial charge in [-0.1, -0.05) is 140 Å². The van der Waals surface area contributed by atoms with Gasteiger partial charge in [-0.05, 0) is 134 Å². The van der Waals surface area contributed by atoms with Crippen LogP contribution in [0.15, 0.2) is 169 Å². The second-order valence-corrected chi connectivity index (χ2v) is 15.4. The molecule has 1 aliphatic heterocycles. The molecule has 0 radical (unpaired) electrons. The van der Waals surface area contributed by atoms with Crippen LogP contribution in [-0.4, -0.2) is 6.10 Å².